The van der Waals surface area contributed by atoms with Gasteiger partial charge in [0.15, 0.2) is 0 Å². The second kappa shape index (κ2) is 15.8. The fraction of sp³-hybridized carbons (Fsp3) is 0.647. The van der Waals surface area contributed by atoms with Gasteiger partial charge in [-0.3, -0.25) is 29.4 Å². The van der Waals surface area contributed by atoms with Crippen LogP contribution in [0.3, 0.4) is 0 Å². The van der Waals surface area contributed by atoms with Gasteiger partial charge in [0, 0.05) is 12.1 Å². The Bertz CT molecular complexity index is 556. The summed E-state index contributed by atoms with van der Waals surface area (Å²) >= 11 is 0. The summed E-state index contributed by atoms with van der Waals surface area (Å²) < 4.78 is 8.37. The first kappa shape index (κ1) is 30.5. The molecule has 4 N–H and O–H groups in total. The summed E-state index contributed by atoms with van der Waals surface area (Å²) in [6.07, 6.45) is -0.545. The predicted octanol–water partition coefficient (Wildman–Crippen LogP) is 0.285. The number of primary amides is 1. The van der Waals surface area contributed by atoms with E-state index < -0.39 is 35.8 Å². The molecule has 1 rings (SSSR count). The molecule has 0 aliphatic carbocycles. The number of hydrogen-bond acceptors (Lipinski definition) is 8. The van der Waals surface area contributed by atoms with Gasteiger partial charge in [0.05, 0.1) is 14.2 Å². The molecule has 0 aromatic rings. The van der Waals surface area contributed by atoms with Crippen molar-refractivity contribution in [1.29, 1.82) is 0 Å². The summed E-state index contributed by atoms with van der Waals surface area (Å²) in [6.45, 7) is 7.13. The first-order chi connectivity index (χ1) is 12.8. The molecule has 0 aromatic carbocycles. The lowest BCUT2D eigenvalue weighted by molar-refractivity contribution is -0.151. The van der Waals surface area contributed by atoms with E-state index in [-0.39, 0.29) is 32.4 Å². The lowest BCUT2D eigenvalue weighted by atomic mass is 10.2. The van der Waals surface area contributed by atoms with E-state index in [9.17, 15) is 28.8 Å². The average molecular weight is 420 g/mol. The van der Waals surface area contributed by atoms with Crippen molar-refractivity contribution >= 4 is 35.8 Å². The number of carbonyl (C=O) groups excluding carboxylic acids is 6. The van der Waals surface area contributed by atoms with E-state index in [0.717, 1.165) is 4.90 Å². The van der Waals surface area contributed by atoms with Crippen LogP contribution in [0.25, 0.3) is 0 Å². The normalized spacial score (nSPS) is 12.4. The third-order valence-corrected chi connectivity index (χ3v) is 2.74. The first-order valence-corrected chi connectivity index (χ1v) is 8.21. The minimum Gasteiger partial charge on any atom is -0.469 e. The van der Waals surface area contributed by atoms with E-state index in [1.54, 1.807) is 13.8 Å². The van der Waals surface area contributed by atoms with Gasteiger partial charge in [-0.15, -0.1) is 0 Å². The number of carbonyl (C=O) groups is 6. The second-order valence-electron chi connectivity index (χ2n) is 5.88. The van der Waals surface area contributed by atoms with E-state index in [2.05, 4.69) is 20.1 Å². The van der Waals surface area contributed by atoms with E-state index >= 15 is 0 Å². The van der Waals surface area contributed by atoms with E-state index in [1.165, 1.54) is 14.2 Å². The Hall–Kier alpha value is -3.18. The quantitative estimate of drug-likeness (QED) is 0.429. The van der Waals surface area contributed by atoms with Crippen LogP contribution in [0.5, 0.6) is 0 Å². The van der Waals surface area contributed by atoms with Crippen LogP contribution in [0, 0.1) is 0 Å². The zero-order valence-electron chi connectivity index (χ0n) is 16.9. The van der Waals surface area contributed by atoms with Crippen LogP contribution < -0.4 is 16.4 Å². The number of barbiturate groups is 1. The molecular weight excluding hydrogens is 388 g/mol. The van der Waals surface area contributed by atoms with Gasteiger partial charge in [-0.1, -0.05) is 7.43 Å². The minimum absolute atomic E-state index is 0. The fourth-order valence-corrected chi connectivity index (χ4v) is 1.63. The molecule has 0 spiro atoms. The second-order valence-corrected chi connectivity index (χ2v) is 5.88. The van der Waals surface area contributed by atoms with Crippen LogP contribution in [0.1, 0.15) is 48.0 Å². The SMILES string of the molecule is C.CC(C)N1C(=O)CC(=O)NC1=O.CC(C)NC(N)=O.COC(=O)CC(=O)OC. The zero-order valence-corrected chi connectivity index (χ0v) is 16.9. The van der Waals surface area contributed by atoms with E-state index in [4.69, 9.17) is 5.73 Å². The third kappa shape index (κ3) is 15.6. The number of ether oxygens (including phenoxy) is 2. The molecule has 0 aromatic heterocycles. The van der Waals surface area contributed by atoms with Gasteiger partial charge >= 0.3 is 24.0 Å². The van der Waals surface area contributed by atoms with Crippen LogP contribution in [-0.2, 0) is 28.7 Å². The third-order valence-electron chi connectivity index (χ3n) is 2.74. The molecule has 0 saturated carbocycles. The zero-order chi connectivity index (χ0) is 22.4. The topological polar surface area (TPSA) is 174 Å². The van der Waals surface area contributed by atoms with Crippen LogP contribution in [0.15, 0.2) is 0 Å². The summed E-state index contributed by atoms with van der Waals surface area (Å²) in [5.74, 6) is -2.12. The van der Waals surface area contributed by atoms with Crippen molar-refractivity contribution < 1.29 is 38.2 Å². The lowest BCUT2D eigenvalue weighted by Crippen LogP contribution is -2.55. The number of nitrogens with zero attached hydrogens (tertiary/aromatic N) is 1. The predicted molar refractivity (Wildman–Crippen MR) is 103 cm³/mol. The van der Waals surface area contributed by atoms with Crippen LogP contribution >= 0.6 is 0 Å². The summed E-state index contributed by atoms with van der Waals surface area (Å²) in [5.41, 5.74) is 4.74. The van der Waals surface area contributed by atoms with Gasteiger partial charge in [-0.05, 0) is 27.7 Å². The molecule has 1 aliphatic rings. The molecule has 1 saturated heterocycles. The lowest BCUT2D eigenvalue weighted by Gasteiger charge is -2.27. The van der Waals surface area contributed by atoms with Gasteiger partial charge in [0.2, 0.25) is 11.8 Å². The fourth-order valence-electron chi connectivity index (χ4n) is 1.63. The minimum atomic E-state index is -0.619. The van der Waals surface area contributed by atoms with E-state index in [1.807, 2.05) is 13.8 Å². The molecule has 12 heteroatoms. The van der Waals surface area contributed by atoms with E-state index in [0.29, 0.717) is 0 Å². The summed E-state index contributed by atoms with van der Waals surface area (Å²) in [6, 6.07) is -1.13. The molecule has 1 aliphatic heterocycles. The molecule has 12 nitrogen and oxygen atoms in total. The molecule has 0 bridgehead atoms. The number of methoxy groups -OCH3 is 2. The first-order valence-electron chi connectivity index (χ1n) is 8.21. The Morgan fingerprint density at radius 1 is 1.07 bits per heavy atom. The smallest absolute Gasteiger partial charge is 0.330 e. The number of urea groups is 2. The molecule has 6 amide bonds. The van der Waals surface area contributed by atoms with Gasteiger partial charge < -0.3 is 20.5 Å². The van der Waals surface area contributed by atoms with Gasteiger partial charge in [0.25, 0.3) is 0 Å². The highest BCUT2D eigenvalue weighted by Crippen LogP contribution is 2.06. The average Bonchev–Trinajstić information content (AvgIpc) is 2.53. The molecule has 1 fully saturated rings. The highest BCUT2D eigenvalue weighted by atomic mass is 16.5. The number of esters is 2. The number of hydrogen-bond donors (Lipinski definition) is 3. The monoisotopic (exact) mass is 420 g/mol. The Morgan fingerprint density at radius 2 is 1.52 bits per heavy atom. The molecule has 0 atom stereocenters. The molecular formula is C17H32N4O8. The summed E-state index contributed by atoms with van der Waals surface area (Å²) in [5, 5.41) is 4.51. The number of amides is 6. The molecule has 168 valence electrons. The Kier molecular flexibility index (Phi) is 16.7. The number of nitrogens with two attached hydrogens (primary N) is 1. The standard InChI is InChI=1S/C7H10N2O3.C5H8O4.C4H10N2O.CH4/c1-4(2)9-6(11)3-5(10)8-7(9)12;1-8-4(6)3-5(7)9-2;1-3(2)6-4(5)7;/h4H,3H2,1-2H3,(H,8,10,12);3H2,1-2H3;3H,1-2H3,(H3,5,6,7);1H4. The molecule has 0 radical (unpaired) electrons. The van der Waals surface area contributed by atoms with Crippen molar-refractivity contribution in [2.24, 2.45) is 5.73 Å². The number of nitrogens with one attached hydrogen (secondary N) is 2. The van der Waals surface area contributed by atoms with Crippen LogP contribution in [0.2, 0.25) is 0 Å². The van der Waals surface area contributed by atoms with Gasteiger partial charge in [-0.25, -0.2) is 9.59 Å². The molecule has 29 heavy (non-hydrogen) atoms. The maximum Gasteiger partial charge on any atom is 0.330 e. The van der Waals surface area contributed by atoms with Crippen molar-refractivity contribution in [2.75, 3.05) is 14.2 Å². The van der Waals surface area contributed by atoms with Crippen molar-refractivity contribution in [1.82, 2.24) is 15.5 Å². The molecule has 0 unspecified atom stereocenters. The number of imide groups is 2. The Morgan fingerprint density at radius 3 is 1.76 bits per heavy atom. The van der Waals surface area contributed by atoms with Crippen molar-refractivity contribution in [2.45, 2.75) is 60.0 Å². The maximum atomic E-state index is 11.1. The van der Waals surface area contributed by atoms with Crippen molar-refractivity contribution in [3.63, 3.8) is 0 Å². The highest BCUT2D eigenvalue weighted by Gasteiger charge is 2.32. The van der Waals surface area contributed by atoms with Gasteiger partial charge in [0.1, 0.15) is 12.8 Å². The van der Waals surface area contributed by atoms with Gasteiger partial charge in [-0.2, -0.15) is 0 Å². The Balaban J connectivity index is -0.000000358. The van der Waals surface area contributed by atoms with Crippen molar-refractivity contribution in [3.8, 4) is 0 Å². The highest BCUT2D eigenvalue weighted by molar-refractivity contribution is 6.14. The number of rotatable bonds is 4. The van der Waals surface area contributed by atoms with Crippen LogP contribution in [0.4, 0.5) is 9.59 Å². The summed E-state index contributed by atoms with van der Waals surface area (Å²) in [4.78, 5) is 64.3. The van der Waals surface area contributed by atoms with Crippen LogP contribution in [-0.4, -0.2) is 67.0 Å². The van der Waals surface area contributed by atoms with Crippen molar-refractivity contribution in [3.05, 3.63) is 0 Å². The largest absolute Gasteiger partial charge is 0.469 e. The Labute approximate surface area is 170 Å². The summed E-state index contributed by atoms with van der Waals surface area (Å²) in [7, 11) is 2.43. The molecule has 1 heterocycles. The maximum absolute atomic E-state index is 11.1.